The first-order chi connectivity index (χ1) is 10.2. The van der Waals surface area contributed by atoms with Crippen molar-refractivity contribution in [3.05, 3.63) is 60.3 Å². The molecule has 0 atom stereocenters. The molecule has 3 rings (SSSR count). The molecule has 106 valence electrons. The van der Waals surface area contributed by atoms with E-state index in [9.17, 15) is 0 Å². The Balaban J connectivity index is 2.17. The van der Waals surface area contributed by atoms with Gasteiger partial charge in [-0.25, -0.2) is 0 Å². The van der Waals surface area contributed by atoms with Crippen LogP contribution in [0.25, 0.3) is 10.9 Å². The lowest BCUT2D eigenvalue weighted by Gasteiger charge is -2.25. The first-order valence-electron chi connectivity index (χ1n) is 7.18. The third-order valence-corrected chi connectivity index (χ3v) is 3.73. The Hall–Kier alpha value is -2.55. The number of nitrogens with two attached hydrogens (primary N) is 1. The largest absolute Gasteiger partial charge is 0.397 e. The summed E-state index contributed by atoms with van der Waals surface area (Å²) < 4.78 is 0. The van der Waals surface area contributed by atoms with Gasteiger partial charge in [-0.05, 0) is 50.2 Å². The molecule has 0 unspecified atom stereocenters. The van der Waals surface area contributed by atoms with E-state index in [-0.39, 0.29) is 0 Å². The molecule has 0 amide bonds. The molecule has 3 aromatic rings. The Kier molecular flexibility index (Phi) is 3.48. The highest BCUT2D eigenvalue weighted by molar-refractivity contribution is 6.00. The van der Waals surface area contributed by atoms with Crippen LogP contribution in [0.4, 0.5) is 17.1 Å². The van der Waals surface area contributed by atoms with Gasteiger partial charge in [0.25, 0.3) is 0 Å². The minimum atomic E-state index is 0.717. The highest BCUT2D eigenvalue weighted by Crippen LogP contribution is 2.33. The van der Waals surface area contributed by atoms with Crippen LogP contribution in [0, 0.1) is 6.92 Å². The molecule has 0 fully saturated rings. The zero-order chi connectivity index (χ0) is 14.8. The topological polar surface area (TPSA) is 42.1 Å². The molecule has 0 aliphatic heterocycles. The van der Waals surface area contributed by atoms with E-state index in [1.807, 2.05) is 12.1 Å². The fraction of sp³-hybridized carbons (Fsp3) is 0.167. The predicted molar refractivity (Wildman–Crippen MR) is 90.0 cm³/mol. The number of nitrogen functional groups attached to an aromatic ring is 1. The number of rotatable bonds is 3. The third-order valence-electron chi connectivity index (χ3n) is 3.73. The number of hydrogen-bond donors (Lipinski definition) is 1. The molecule has 0 aliphatic rings. The molecule has 2 aromatic carbocycles. The second-order valence-corrected chi connectivity index (χ2v) is 5.15. The normalized spacial score (nSPS) is 10.8. The van der Waals surface area contributed by atoms with E-state index in [1.165, 1.54) is 11.3 Å². The van der Waals surface area contributed by atoms with Crippen LogP contribution in [-0.2, 0) is 0 Å². The van der Waals surface area contributed by atoms with Gasteiger partial charge < -0.3 is 10.6 Å². The van der Waals surface area contributed by atoms with Gasteiger partial charge in [-0.2, -0.15) is 0 Å². The van der Waals surface area contributed by atoms with Gasteiger partial charge in [0, 0.05) is 23.8 Å². The maximum Gasteiger partial charge on any atom is 0.0952 e. The molecular formula is C18H19N3. The molecule has 21 heavy (non-hydrogen) atoms. The summed E-state index contributed by atoms with van der Waals surface area (Å²) in [5, 5.41) is 1.08. The summed E-state index contributed by atoms with van der Waals surface area (Å²) in [7, 11) is 0. The van der Waals surface area contributed by atoms with Crippen molar-refractivity contribution in [1.82, 2.24) is 4.98 Å². The van der Waals surface area contributed by atoms with Crippen molar-refractivity contribution in [1.29, 1.82) is 0 Å². The highest BCUT2D eigenvalue weighted by atomic mass is 15.1. The van der Waals surface area contributed by atoms with E-state index >= 15 is 0 Å². The second-order valence-electron chi connectivity index (χ2n) is 5.15. The van der Waals surface area contributed by atoms with Crippen molar-refractivity contribution in [2.45, 2.75) is 13.8 Å². The van der Waals surface area contributed by atoms with Crippen LogP contribution >= 0.6 is 0 Å². The standard InChI is InChI=1S/C18H19N3/c1-3-21(14-8-6-13(2)7-9-14)17-11-10-16(19)18-15(17)5-4-12-20-18/h4-12H,3,19H2,1-2H3. The molecule has 0 spiro atoms. The number of benzene rings is 2. The minimum absolute atomic E-state index is 0.717. The molecule has 3 heteroatoms. The van der Waals surface area contributed by atoms with Crippen LogP contribution in [0.2, 0.25) is 0 Å². The molecule has 0 bridgehead atoms. The van der Waals surface area contributed by atoms with Crippen LogP contribution in [0.5, 0.6) is 0 Å². The average molecular weight is 277 g/mol. The van der Waals surface area contributed by atoms with Gasteiger partial charge in [0.15, 0.2) is 0 Å². The van der Waals surface area contributed by atoms with E-state index in [1.54, 1.807) is 6.20 Å². The fourth-order valence-corrected chi connectivity index (χ4v) is 2.63. The van der Waals surface area contributed by atoms with Gasteiger partial charge in [-0.15, -0.1) is 0 Å². The summed E-state index contributed by atoms with van der Waals surface area (Å²) >= 11 is 0. The van der Waals surface area contributed by atoms with Crippen LogP contribution in [0.3, 0.4) is 0 Å². The third kappa shape index (κ3) is 2.42. The molecule has 1 heterocycles. The Labute approximate surface area is 125 Å². The minimum Gasteiger partial charge on any atom is -0.397 e. The first-order valence-corrected chi connectivity index (χ1v) is 7.18. The van der Waals surface area contributed by atoms with E-state index in [0.29, 0.717) is 5.69 Å². The van der Waals surface area contributed by atoms with E-state index in [0.717, 1.165) is 23.1 Å². The quantitative estimate of drug-likeness (QED) is 0.726. The fourth-order valence-electron chi connectivity index (χ4n) is 2.63. The SMILES string of the molecule is CCN(c1ccc(C)cc1)c1ccc(N)c2ncccc12. The lowest BCUT2D eigenvalue weighted by molar-refractivity contribution is 1.03. The number of aryl methyl sites for hydroxylation is 1. The zero-order valence-electron chi connectivity index (χ0n) is 12.4. The second kappa shape index (κ2) is 5.44. The Morgan fingerprint density at radius 1 is 1.05 bits per heavy atom. The van der Waals surface area contributed by atoms with E-state index in [2.05, 4.69) is 60.1 Å². The van der Waals surface area contributed by atoms with Crippen LogP contribution < -0.4 is 10.6 Å². The highest BCUT2D eigenvalue weighted by Gasteiger charge is 2.12. The summed E-state index contributed by atoms with van der Waals surface area (Å²) in [5.74, 6) is 0. The van der Waals surface area contributed by atoms with Crippen LogP contribution in [0.1, 0.15) is 12.5 Å². The maximum absolute atomic E-state index is 6.04. The van der Waals surface area contributed by atoms with Crippen LogP contribution in [-0.4, -0.2) is 11.5 Å². The van der Waals surface area contributed by atoms with Crippen molar-refractivity contribution in [2.24, 2.45) is 0 Å². The number of fused-ring (bicyclic) bond motifs is 1. The van der Waals surface area contributed by atoms with Gasteiger partial charge in [0.2, 0.25) is 0 Å². The molecule has 0 radical (unpaired) electrons. The number of pyridine rings is 1. The lowest BCUT2D eigenvalue weighted by atomic mass is 10.1. The van der Waals surface area contributed by atoms with Gasteiger partial charge in [-0.3, -0.25) is 4.98 Å². The molecule has 0 aliphatic carbocycles. The smallest absolute Gasteiger partial charge is 0.0952 e. The predicted octanol–water partition coefficient (Wildman–Crippen LogP) is 4.28. The Bertz CT molecular complexity index is 763. The first kappa shape index (κ1) is 13.4. The number of aromatic nitrogens is 1. The summed E-state index contributed by atoms with van der Waals surface area (Å²) in [6.45, 7) is 5.14. The van der Waals surface area contributed by atoms with Crippen molar-refractivity contribution in [2.75, 3.05) is 17.2 Å². The monoisotopic (exact) mass is 277 g/mol. The molecule has 2 N–H and O–H groups in total. The van der Waals surface area contributed by atoms with Crippen molar-refractivity contribution >= 4 is 28.0 Å². The molecule has 1 aromatic heterocycles. The maximum atomic E-state index is 6.04. The summed E-state index contributed by atoms with van der Waals surface area (Å²) in [6.07, 6.45) is 1.78. The Morgan fingerprint density at radius 3 is 2.52 bits per heavy atom. The van der Waals surface area contributed by atoms with E-state index in [4.69, 9.17) is 5.73 Å². The summed E-state index contributed by atoms with van der Waals surface area (Å²) in [6, 6.07) is 16.6. The molecule has 0 saturated carbocycles. The van der Waals surface area contributed by atoms with Gasteiger partial charge >= 0.3 is 0 Å². The number of hydrogen-bond acceptors (Lipinski definition) is 3. The summed E-state index contributed by atoms with van der Waals surface area (Å²) in [5.41, 5.74) is 11.2. The van der Waals surface area contributed by atoms with Crippen molar-refractivity contribution in [3.63, 3.8) is 0 Å². The average Bonchev–Trinajstić information content (AvgIpc) is 2.52. The van der Waals surface area contributed by atoms with Crippen LogP contribution in [0.15, 0.2) is 54.7 Å². The van der Waals surface area contributed by atoms with Gasteiger partial charge in [-0.1, -0.05) is 17.7 Å². The molecular weight excluding hydrogens is 258 g/mol. The zero-order valence-corrected chi connectivity index (χ0v) is 12.4. The summed E-state index contributed by atoms with van der Waals surface area (Å²) in [4.78, 5) is 6.69. The van der Waals surface area contributed by atoms with E-state index < -0.39 is 0 Å². The molecule has 0 saturated heterocycles. The number of anilines is 3. The molecule has 3 nitrogen and oxygen atoms in total. The van der Waals surface area contributed by atoms with Crippen molar-refractivity contribution in [3.8, 4) is 0 Å². The number of nitrogens with zero attached hydrogens (tertiary/aromatic N) is 2. The van der Waals surface area contributed by atoms with Gasteiger partial charge in [0.1, 0.15) is 0 Å². The Morgan fingerprint density at radius 2 is 1.81 bits per heavy atom. The lowest BCUT2D eigenvalue weighted by Crippen LogP contribution is -2.16. The van der Waals surface area contributed by atoms with Gasteiger partial charge in [0.05, 0.1) is 16.9 Å². The van der Waals surface area contributed by atoms with Crippen molar-refractivity contribution < 1.29 is 0 Å².